The Morgan fingerprint density at radius 1 is 1.14 bits per heavy atom. The average Bonchev–Trinajstić information content (AvgIpc) is 2.69. The molecule has 150 valence electrons. The van der Waals surface area contributed by atoms with E-state index in [9.17, 15) is 10.2 Å². The van der Waals surface area contributed by atoms with Gasteiger partial charge in [0.1, 0.15) is 0 Å². The molecule has 0 radical (unpaired) electrons. The quantitative estimate of drug-likeness (QED) is 0.713. The maximum absolute atomic E-state index is 11.1. The normalized spacial score (nSPS) is 18.0. The van der Waals surface area contributed by atoms with Crippen LogP contribution in [-0.2, 0) is 6.42 Å². The van der Waals surface area contributed by atoms with Crippen LogP contribution in [0, 0.1) is 0 Å². The number of methoxy groups -OCH3 is 2. The Bertz CT molecular complexity index is 854. The van der Waals surface area contributed by atoms with E-state index < -0.39 is 11.7 Å². The highest BCUT2D eigenvalue weighted by Crippen LogP contribution is 2.39. The van der Waals surface area contributed by atoms with E-state index in [0.717, 1.165) is 35.2 Å². The van der Waals surface area contributed by atoms with Crippen LogP contribution in [0.4, 0.5) is 0 Å². The smallest absolute Gasteiger partial charge is 0.161 e. The molecule has 2 unspecified atom stereocenters. The molecule has 0 saturated carbocycles. The molecule has 0 fully saturated rings. The Morgan fingerprint density at radius 3 is 2.54 bits per heavy atom. The molecule has 2 atom stereocenters. The monoisotopic (exact) mass is 383 g/mol. The van der Waals surface area contributed by atoms with E-state index in [0.29, 0.717) is 11.5 Å². The van der Waals surface area contributed by atoms with Crippen molar-refractivity contribution in [3.8, 4) is 11.5 Å². The van der Waals surface area contributed by atoms with Crippen molar-refractivity contribution in [2.45, 2.75) is 38.0 Å². The predicted molar refractivity (Wildman–Crippen MR) is 111 cm³/mol. The maximum Gasteiger partial charge on any atom is 0.161 e. The zero-order chi connectivity index (χ0) is 20.3. The number of ether oxygens (including phenoxy) is 2. The molecule has 5 nitrogen and oxygen atoms in total. The van der Waals surface area contributed by atoms with Crippen LogP contribution in [0.5, 0.6) is 11.5 Å². The topological polar surface area (TPSA) is 71.0 Å². The van der Waals surface area contributed by atoms with Crippen molar-refractivity contribution in [2.24, 2.45) is 0 Å². The Balaban J connectivity index is 1.92. The third-order valence-electron chi connectivity index (χ3n) is 4.99. The van der Waals surface area contributed by atoms with Crippen molar-refractivity contribution in [2.75, 3.05) is 20.8 Å². The van der Waals surface area contributed by atoms with Gasteiger partial charge in [-0.1, -0.05) is 30.4 Å². The summed E-state index contributed by atoms with van der Waals surface area (Å²) < 4.78 is 10.9. The number of fused-ring (bicyclic) bond motifs is 1. The molecule has 0 aliphatic carbocycles. The summed E-state index contributed by atoms with van der Waals surface area (Å²) in [6.45, 7) is 4.24. The van der Waals surface area contributed by atoms with Crippen molar-refractivity contribution in [1.82, 2.24) is 5.32 Å². The molecule has 0 spiro atoms. The predicted octanol–water partition coefficient (Wildman–Crippen LogP) is 3.41. The molecule has 5 heteroatoms. The van der Waals surface area contributed by atoms with E-state index in [1.807, 2.05) is 42.5 Å². The summed E-state index contributed by atoms with van der Waals surface area (Å²) in [5, 5.41) is 24.5. The molecule has 1 aliphatic heterocycles. The minimum Gasteiger partial charge on any atom is -0.493 e. The fourth-order valence-corrected chi connectivity index (χ4v) is 3.54. The van der Waals surface area contributed by atoms with Crippen LogP contribution < -0.4 is 14.8 Å². The van der Waals surface area contributed by atoms with Gasteiger partial charge in [0, 0.05) is 0 Å². The fraction of sp³-hybridized carbons (Fsp3) is 0.391. The highest BCUT2D eigenvalue weighted by Gasteiger charge is 2.29. The summed E-state index contributed by atoms with van der Waals surface area (Å²) in [5.41, 5.74) is 3.04. The lowest BCUT2D eigenvalue weighted by Crippen LogP contribution is -2.34. The first-order chi connectivity index (χ1) is 13.3. The third kappa shape index (κ3) is 4.55. The summed E-state index contributed by atoms with van der Waals surface area (Å²) in [5.74, 6) is 1.36. The SMILES string of the molecule is COc1cc2c(cc1OC)C(C(O)c1cccc(/C=C\C(C)(C)O)c1)NCC2. The molecular weight excluding hydrogens is 354 g/mol. The summed E-state index contributed by atoms with van der Waals surface area (Å²) in [4.78, 5) is 0. The van der Waals surface area contributed by atoms with Crippen molar-refractivity contribution >= 4 is 6.08 Å². The fourth-order valence-electron chi connectivity index (χ4n) is 3.54. The summed E-state index contributed by atoms with van der Waals surface area (Å²) in [6, 6.07) is 11.4. The third-order valence-corrected chi connectivity index (χ3v) is 4.99. The molecule has 0 saturated heterocycles. The van der Waals surface area contributed by atoms with Gasteiger partial charge in [-0.3, -0.25) is 0 Å². The van der Waals surface area contributed by atoms with E-state index in [-0.39, 0.29) is 6.04 Å². The molecule has 1 aliphatic rings. The van der Waals surface area contributed by atoms with Gasteiger partial charge in [-0.25, -0.2) is 0 Å². The molecule has 1 heterocycles. The first-order valence-electron chi connectivity index (χ1n) is 9.50. The van der Waals surface area contributed by atoms with Crippen molar-refractivity contribution < 1.29 is 19.7 Å². The van der Waals surface area contributed by atoms with Gasteiger partial charge in [0.25, 0.3) is 0 Å². The zero-order valence-corrected chi connectivity index (χ0v) is 16.9. The van der Waals surface area contributed by atoms with Gasteiger partial charge in [-0.15, -0.1) is 0 Å². The highest BCUT2D eigenvalue weighted by molar-refractivity contribution is 5.53. The van der Waals surface area contributed by atoms with E-state index >= 15 is 0 Å². The largest absolute Gasteiger partial charge is 0.493 e. The number of hydrogen-bond donors (Lipinski definition) is 3. The van der Waals surface area contributed by atoms with Gasteiger partial charge in [-0.05, 0) is 67.3 Å². The molecule has 0 amide bonds. The van der Waals surface area contributed by atoms with Crippen molar-refractivity contribution in [3.63, 3.8) is 0 Å². The van der Waals surface area contributed by atoms with E-state index in [4.69, 9.17) is 9.47 Å². The molecule has 3 rings (SSSR count). The van der Waals surface area contributed by atoms with Crippen LogP contribution >= 0.6 is 0 Å². The van der Waals surface area contributed by atoms with Crippen molar-refractivity contribution in [1.29, 1.82) is 0 Å². The van der Waals surface area contributed by atoms with Crippen LogP contribution in [0.3, 0.4) is 0 Å². The summed E-state index contributed by atoms with van der Waals surface area (Å²) >= 11 is 0. The molecule has 0 bridgehead atoms. The van der Waals surface area contributed by atoms with Gasteiger partial charge < -0.3 is 25.0 Å². The summed E-state index contributed by atoms with van der Waals surface area (Å²) in [7, 11) is 3.24. The molecule has 28 heavy (non-hydrogen) atoms. The van der Waals surface area contributed by atoms with Crippen LogP contribution in [0.15, 0.2) is 42.5 Å². The second-order valence-corrected chi connectivity index (χ2v) is 7.69. The minimum absolute atomic E-state index is 0.239. The van der Waals surface area contributed by atoms with Gasteiger partial charge in [0.15, 0.2) is 11.5 Å². The Kier molecular flexibility index (Phi) is 6.08. The summed E-state index contributed by atoms with van der Waals surface area (Å²) in [6.07, 6.45) is 3.76. The number of benzene rings is 2. The minimum atomic E-state index is -0.881. The highest BCUT2D eigenvalue weighted by atomic mass is 16.5. The second kappa shape index (κ2) is 8.35. The van der Waals surface area contributed by atoms with Crippen LogP contribution in [0.1, 0.15) is 48.2 Å². The van der Waals surface area contributed by atoms with Crippen molar-refractivity contribution in [3.05, 3.63) is 64.7 Å². The van der Waals surface area contributed by atoms with Gasteiger partial charge in [0.2, 0.25) is 0 Å². The molecule has 2 aromatic rings. The lowest BCUT2D eigenvalue weighted by Gasteiger charge is -2.31. The average molecular weight is 383 g/mol. The standard InChI is InChI=1S/C23H29NO4/c1-23(2,26)10-8-15-6-5-7-17(12-15)22(25)21-18-14-20(28-4)19(27-3)13-16(18)9-11-24-21/h5-8,10,12-14,21-22,24-26H,9,11H2,1-4H3/b10-8-. The molecule has 2 aromatic carbocycles. The van der Waals surface area contributed by atoms with Crippen LogP contribution in [0.25, 0.3) is 6.08 Å². The number of hydrogen-bond acceptors (Lipinski definition) is 5. The first-order valence-corrected chi connectivity index (χ1v) is 9.50. The number of aliphatic hydroxyl groups excluding tert-OH is 1. The zero-order valence-electron chi connectivity index (χ0n) is 16.9. The van der Waals surface area contributed by atoms with E-state index in [2.05, 4.69) is 5.32 Å². The Morgan fingerprint density at radius 2 is 1.86 bits per heavy atom. The van der Waals surface area contributed by atoms with E-state index in [1.54, 1.807) is 34.1 Å². The second-order valence-electron chi connectivity index (χ2n) is 7.69. The molecule has 0 aromatic heterocycles. The Hall–Kier alpha value is -2.34. The number of nitrogens with one attached hydrogen (secondary N) is 1. The maximum atomic E-state index is 11.1. The van der Waals surface area contributed by atoms with Gasteiger partial charge in [-0.2, -0.15) is 0 Å². The Labute approximate surface area is 166 Å². The van der Waals surface area contributed by atoms with E-state index in [1.165, 1.54) is 0 Å². The van der Waals surface area contributed by atoms with Crippen LogP contribution in [-0.4, -0.2) is 36.6 Å². The molecular formula is C23H29NO4. The lowest BCUT2D eigenvalue weighted by atomic mass is 9.87. The van der Waals surface area contributed by atoms with Gasteiger partial charge >= 0.3 is 0 Å². The molecule has 3 N–H and O–H groups in total. The lowest BCUT2D eigenvalue weighted by molar-refractivity contribution is 0.125. The van der Waals surface area contributed by atoms with Crippen LogP contribution in [0.2, 0.25) is 0 Å². The number of aliphatic hydroxyl groups is 2. The first kappa shape index (κ1) is 20.4. The van der Waals surface area contributed by atoms with Gasteiger partial charge in [0.05, 0.1) is 32.0 Å². The number of rotatable bonds is 6.